The number of alkyl halides is 1. The third-order valence-corrected chi connectivity index (χ3v) is 4.45. The van der Waals surface area contributed by atoms with E-state index < -0.39 is 0 Å². The molecule has 0 saturated carbocycles. The Morgan fingerprint density at radius 1 is 1.15 bits per heavy atom. The number of rotatable bonds is 2. The fourth-order valence-corrected chi connectivity index (χ4v) is 3.00. The van der Waals surface area contributed by atoms with E-state index in [1.54, 1.807) is 0 Å². The first kappa shape index (κ1) is 13.7. The van der Waals surface area contributed by atoms with Gasteiger partial charge >= 0.3 is 0 Å². The number of hydrogen-bond acceptors (Lipinski definition) is 1. The zero-order valence-electron chi connectivity index (χ0n) is 11.3. The topological polar surface area (TPSA) is 17.8 Å². The van der Waals surface area contributed by atoms with Crippen LogP contribution >= 0.6 is 27.5 Å². The molecular formula is C16H14BrClN2. The minimum atomic E-state index is 0.750. The van der Waals surface area contributed by atoms with E-state index in [0.29, 0.717) is 0 Å². The summed E-state index contributed by atoms with van der Waals surface area (Å²) in [6.45, 7) is 4.24. The predicted molar refractivity (Wildman–Crippen MR) is 88.2 cm³/mol. The molecule has 2 aromatic carbocycles. The molecular weight excluding hydrogens is 336 g/mol. The number of halogens is 2. The molecule has 4 heteroatoms. The second-order valence-electron chi connectivity index (χ2n) is 4.95. The Bertz CT molecular complexity index is 793. The average molecular weight is 350 g/mol. The van der Waals surface area contributed by atoms with Gasteiger partial charge in [-0.3, -0.25) is 4.57 Å². The van der Waals surface area contributed by atoms with Gasteiger partial charge in [-0.25, -0.2) is 4.98 Å². The monoisotopic (exact) mass is 348 g/mol. The third kappa shape index (κ3) is 2.25. The van der Waals surface area contributed by atoms with E-state index in [0.717, 1.165) is 32.6 Å². The summed E-state index contributed by atoms with van der Waals surface area (Å²) in [4.78, 5) is 4.51. The van der Waals surface area contributed by atoms with Crippen molar-refractivity contribution in [3.63, 3.8) is 0 Å². The van der Waals surface area contributed by atoms with Crippen molar-refractivity contribution in [2.75, 3.05) is 0 Å². The van der Waals surface area contributed by atoms with E-state index >= 15 is 0 Å². The van der Waals surface area contributed by atoms with Crippen LogP contribution in [0.1, 0.15) is 16.7 Å². The molecule has 0 aliphatic carbocycles. The molecule has 0 radical (unpaired) electrons. The van der Waals surface area contributed by atoms with Crippen LogP contribution in [0, 0.1) is 13.8 Å². The van der Waals surface area contributed by atoms with Crippen LogP contribution in [-0.2, 0) is 5.33 Å². The van der Waals surface area contributed by atoms with Crippen molar-refractivity contribution < 1.29 is 0 Å². The molecule has 102 valence electrons. The fraction of sp³-hybridized carbons (Fsp3) is 0.188. The highest BCUT2D eigenvalue weighted by molar-refractivity contribution is 9.08. The SMILES string of the molecule is Cc1cc2ncn(-c3ccc(Cl)cc3CBr)c2cc1C. The van der Waals surface area contributed by atoms with Crippen molar-refractivity contribution >= 4 is 38.6 Å². The lowest BCUT2D eigenvalue weighted by Crippen LogP contribution is -1.97. The molecule has 3 aromatic rings. The Hall–Kier alpha value is -1.32. The summed E-state index contributed by atoms with van der Waals surface area (Å²) in [7, 11) is 0. The van der Waals surface area contributed by atoms with Crippen LogP contribution in [0.3, 0.4) is 0 Å². The van der Waals surface area contributed by atoms with Crippen molar-refractivity contribution in [3.8, 4) is 5.69 Å². The highest BCUT2D eigenvalue weighted by atomic mass is 79.9. The van der Waals surface area contributed by atoms with Crippen LogP contribution < -0.4 is 0 Å². The van der Waals surface area contributed by atoms with E-state index in [1.165, 1.54) is 11.1 Å². The summed E-state index contributed by atoms with van der Waals surface area (Å²) >= 11 is 9.60. The molecule has 0 aliphatic rings. The predicted octanol–water partition coefficient (Wildman–Crippen LogP) is 5.19. The molecule has 0 amide bonds. The van der Waals surface area contributed by atoms with Gasteiger partial charge in [0.15, 0.2) is 0 Å². The van der Waals surface area contributed by atoms with Crippen LogP contribution in [0.2, 0.25) is 5.02 Å². The average Bonchev–Trinajstić information content (AvgIpc) is 2.82. The minimum absolute atomic E-state index is 0.750. The van der Waals surface area contributed by atoms with Crippen LogP contribution in [0.4, 0.5) is 0 Å². The molecule has 0 unspecified atom stereocenters. The Labute approximate surface area is 131 Å². The van der Waals surface area contributed by atoms with E-state index in [-0.39, 0.29) is 0 Å². The minimum Gasteiger partial charge on any atom is -0.299 e. The Kier molecular flexibility index (Phi) is 3.57. The van der Waals surface area contributed by atoms with Gasteiger partial charge in [0.1, 0.15) is 6.33 Å². The maximum Gasteiger partial charge on any atom is 0.100 e. The lowest BCUT2D eigenvalue weighted by Gasteiger charge is -2.10. The second kappa shape index (κ2) is 5.23. The van der Waals surface area contributed by atoms with Gasteiger partial charge in [-0.15, -0.1) is 0 Å². The number of aromatic nitrogens is 2. The lowest BCUT2D eigenvalue weighted by atomic mass is 10.1. The molecule has 0 fully saturated rings. The maximum absolute atomic E-state index is 6.08. The largest absolute Gasteiger partial charge is 0.299 e. The summed E-state index contributed by atoms with van der Waals surface area (Å²) in [6.07, 6.45) is 1.87. The van der Waals surface area contributed by atoms with Gasteiger partial charge in [0, 0.05) is 10.4 Å². The van der Waals surface area contributed by atoms with Crippen molar-refractivity contribution in [1.29, 1.82) is 0 Å². The van der Waals surface area contributed by atoms with Crippen LogP contribution in [0.15, 0.2) is 36.7 Å². The first-order valence-corrected chi connectivity index (χ1v) is 7.89. The zero-order chi connectivity index (χ0) is 14.3. The van der Waals surface area contributed by atoms with Crippen molar-refractivity contribution in [2.45, 2.75) is 19.2 Å². The standard InChI is InChI=1S/C16H14BrClN2/c1-10-5-14-16(6-11(10)2)20(9-19-14)15-4-3-13(18)7-12(15)8-17/h3-7,9H,8H2,1-2H3. The fourth-order valence-electron chi connectivity index (χ4n) is 2.35. The lowest BCUT2D eigenvalue weighted by molar-refractivity contribution is 1.07. The second-order valence-corrected chi connectivity index (χ2v) is 5.94. The Balaban J connectivity index is 2.27. The summed E-state index contributed by atoms with van der Waals surface area (Å²) in [6, 6.07) is 10.2. The van der Waals surface area contributed by atoms with Gasteiger partial charge in [0.25, 0.3) is 0 Å². The van der Waals surface area contributed by atoms with Crippen LogP contribution in [-0.4, -0.2) is 9.55 Å². The first-order chi connectivity index (χ1) is 9.60. The molecule has 0 atom stereocenters. The Morgan fingerprint density at radius 2 is 1.90 bits per heavy atom. The van der Waals surface area contributed by atoms with Gasteiger partial charge in [-0.1, -0.05) is 27.5 Å². The molecule has 2 nitrogen and oxygen atoms in total. The third-order valence-electron chi connectivity index (χ3n) is 3.61. The van der Waals surface area contributed by atoms with Crippen LogP contribution in [0.25, 0.3) is 16.7 Å². The molecule has 0 spiro atoms. The van der Waals surface area contributed by atoms with Crippen molar-refractivity contribution in [2.24, 2.45) is 0 Å². The quantitative estimate of drug-likeness (QED) is 0.582. The first-order valence-electron chi connectivity index (χ1n) is 6.39. The van der Waals surface area contributed by atoms with Gasteiger partial charge in [0.2, 0.25) is 0 Å². The number of nitrogens with zero attached hydrogens (tertiary/aromatic N) is 2. The summed E-state index contributed by atoms with van der Waals surface area (Å²) in [5, 5.41) is 1.51. The molecule has 0 aliphatic heterocycles. The maximum atomic E-state index is 6.08. The molecule has 1 heterocycles. The number of benzene rings is 2. The summed E-state index contributed by atoms with van der Waals surface area (Å²) < 4.78 is 2.12. The molecule has 0 N–H and O–H groups in total. The molecule has 3 rings (SSSR count). The Morgan fingerprint density at radius 3 is 2.65 bits per heavy atom. The number of aryl methyl sites for hydroxylation is 2. The highest BCUT2D eigenvalue weighted by Gasteiger charge is 2.10. The molecule has 20 heavy (non-hydrogen) atoms. The van der Waals surface area contributed by atoms with Crippen LogP contribution in [0.5, 0.6) is 0 Å². The summed E-state index contributed by atoms with van der Waals surface area (Å²) in [5.74, 6) is 0. The number of imidazole rings is 1. The van der Waals surface area contributed by atoms with E-state index in [1.807, 2.05) is 24.5 Å². The van der Waals surface area contributed by atoms with Gasteiger partial charge < -0.3 is 0 Å². The van der Waals surface area contributed by atoms with Gasteiger partial charge in [-0.05, 0) is 60.9 Å². The highest BCUT2D eigenvalue weighted by Crippen LogP contribution is 2.26. The number of fused-ring (bicyclic) bond motifs is 1. The molecule has 1 aromatic heterocycles. The molecule has 0 bridgehead atoms. The zero-order valence-corrected chi connectivity index (χ0v) is 13.7. The number of hydrogen-bond donors (Lipinski definition) is 0. The summed E-state index contributed by atoms with van der Waals surface area (Å²) in [5.41, 5.74) is 6.93. The normalized spacial score (nSPS) is 11.2. The van der Waals surface area contributed by atoms with Gasteiger partial charge in [-0.2, -0.15) is 0 Å². The van der Waals surface area contributed by atoms with E-state index in [9.17, 15) is 0 Å². The van der Waals surface area contributed by atoms with Gasteiger partial charge in [0.05, 0.1) is 16.7 Å². The van der Waals surface area contributed by atoms with Crippen molar-refractivity contribution in [1.82, 2.24) is 9.55 Å². The van der Waals surface area contributed by atoms with E-state index in [4.69, 9.17) is 11.6 Å². The van der Waals surface area contributed by atoms with Crippen molar-refractivity contribution in [3.05, 3.63) is 58.4 Å². The van der Waals surface area contributed by atoms with E-state index in [2.05, 4.69) is 51.5 Å². The molecule has 0 saturated heterocycles. The smallest absolute Gasteiger partial charge is 0.100 e.